The van der Waals surface area contributed by atoms with Crippen LogP contribution in [0.15, 0.2) is 48.5 Å². The summed E-state index contributed by atoms with van der Waals surface area (Å²) in [6, 6.07) is 15.5. The van der Waals surface area contributed by atoms with Crippen LogP contribution in [0.2, 0.25) is 0 Å². The highest BCUT2D eigenvalue weighted by Gasteiger charge is 2.09. The molecule has 0 heterocycles. The topological polar surface area (TPSA) is 61.8 Å². The van der Waals surface area contributed by atoms with E-state index in [1.165, 1.54) is 0 Å². The lowest BCUT2D eigenvalue weighted by atomic mass is 10.0. The van der Waals surface area contributed by atoms with E-state index in [2.05, 4.69) is 0 Å². The Bertz CT molecular complexity index is 688. The molecule has 0 aliphatic rings. The summed E-state index contributed by atoms with van der Waals surface area (Å²) in [5.74, 6) is 0. The van der Waals surface area contributed by atoms with E-state index < -0.39 is 6.72 Å². The van der Waals surface area contributed by atoms with Crippen LogP contribution < -0.4 is 4.89 Å². The molecule has 2 aromatic rings. The van der Waals surface area contributed by atoms with Crippen LogP contribution in [0.5, 0.6) is 0 Å². The molecule has 0 fully saturated rings. The molecule has 4 nitrogen and oxygen atoms in total. The van der Waals surface area contributed by atoms with Crippen molar-refractivity contribution in [3.63, 3.8) is 0 Å². The van der Waals surface area contributed by atoms with Crippen molar-refractivity contribution in [1.82, 2.24) is 0 Å². The van der Waals surface area contributed by atoms with Gasteiger partial charge >= 0.3 is 0 Å². The monoisotopic (exact) mass is 351 g/mol. The molecule has 124 valence electrons. The molecule has 1 atom stereocenters. The van der Waals surface area contributed by atoms with Gasteiger partial charge in [0.25, 0.3) is 0 Å². The minimum atomic E-state index is -3.50. The van der Waals surface area contributed by atoms with Crippen LogP contribution in [0.4, 0.5) is 0 Å². The van der Waals surface area contributed by atoms with Gasteiger partial charge in [0.2, 0.25) is 0 Å². The summed E-state index contributed by atoms with van der Waals surface area (Å²) in [6.07, 6.45) is -0.262. The van der Waals surface area contributed by atoms with Gasteiger partial charge in [0.15, 0.2) is 0 Å². The van der Waals surface area contributed by atoms with Crippen molar-refractivity contribution < 1.29 is 19.0 Å². The normalized spacial score (nSPS) is 14.0. The largest absolute Gasteiger partial charge is 0.780 e. The Hall–Kier alpha value is -1.07. The summed E-state index contributed by atoms with van der Waals surface area (Å²) in [5.41, 5.74) is 3.53. The second-order valence-electron chi connectivity index (χ2n) is 5.44. The molecule has 0 spiro atoms. The summed E-state index contributed by atoms with van der Waals surface area (Å²) in [7, 11) is 0. The number of hydrogen-bond donors (Lipinski definition) is 1. The summed E-state index contributed by atoms with van der Waals surface area (Å²) in [6.45, 7) is -0.0106. The molecule has 0 aliphatic carbocycles. The van der Waals surface area contributed by atoms with Crippen LogP contribution in [-0.4, -0.2) is 11.2 Å². The molecule has 0 radical (unpaired) electrons. The van der Waals surface area contributed by atoms with Crippen molar-refractivity contribution in [2.45, 2.75) is 33.2 Å². The first kappa shape index (κ1) is 18.3. The Morgan fingerprint density at radius 1 is 1.09 bits per heavy atom. The molecule has 2 rings (SSSR count). The minimum Gasteiger partial charge on any atom is -0.780 e. The van der Waals surface area contributed by atoms with Gasteiger partial charge in [0.05, 0.1) is 19.3 Å². The fourth-order valence-electron chi connectivity index (χ4n) is 2.18. The van der Waals surface area contributed by atoms with Crippen LogP contribution in [0.25, 0.3) is 11.1 Å². The zero-order chi connectivity index (χ0) is 16.9. The molecule has 0 amide bonds. The Morgan fingerprint density at radius 2 is 1.74 bits per heavy atom. The lowest BCUT2D eigenvalue weighted by Gasteiger charge is -2.29. The van der Waals surface area contributed by atoms with Crippen molar-refractivity contribution in [3.05, 3.63) is 59.7 Å². The van der Waals surface area contributed by atoms with E-state index in [1.807, 2.05) is 42.5 Å². The Morgan fingerprint density at radius 3 is 2.35 bits per heavy atom. The van der Waals surface area contributed by atoms with Gasteiger partial charge in [0.1, 0.15) is 6.72 Å². The third kappa shape index (κ3) is 5.81. The molecule has 0 aromatic heterocycles. The Balaban J connectivity index is 2.21. The van der Waals surface area contributed by atoms with Crippen molar-refractivity contribution in [2.75, 3.05) is 0 Å². The van der Waals surface area contributed by atoms with Crippen LogP contribution in [-0.2, 0) is 34.1 Å². The fourth-order valence-corrected chi connectivity index (χ4v) is 3.74. The predicted molar refractivity (Wildman–Crippen MR) is 93.1 cm³/mol. The van der Waals surface area contributed by atoms with Crippen molar-refractivity contribution in [1.29, 1.82) is 0 Å². The number of rotatable bonds is 7. The third-order valence-electron chi connectivity index (χ3n) is 3.07. The minimum absolute atomic E-state index is 0.0706. The van der Waals surface area contributed by atoms with Gasteiger partial charge in [-0.2, -0.15) is 0 Å². The van der Waals surface area contributed by atoms with E-state index in [0.717, 1.165) is 22.3 Å². The molecular formula is C17H20O4PS-. The molecule has 1 unspecified atom stereocenters. The standard InChI is InChI=1S/C17H21O4PS/c1-13(2)21-22(19,23)20-12-15-8-14(11-18)9-17(10-15)16-6-4-3-5-7-16/h3-10,13,18H,11-12H2,1-2H3,(H,19,23)/p-1. The highest BCUT2D eigenvalue weighted by Crippen LogP contribution is 2.41. The van der Waals surface area contributed by atoms with Crippen molar-refractivity contribution in [3.8, 4) is 11.1 Å². The van der Waals surface area contributed by atoms with E-state index in [9.17, 15) is 10.00 Å². The lowest BCUT2D eigenvalue weighted by molar-refractivity contribution is -0.210. The maximum absolute atomic E-state index is 12.0. The summed E-state index contributed by atoms with van der Waals surface area (Å²) in [4.78, 5) is 12.0. The molecule has 1 N–H and O–H groups in total. The van der Waals surface area contributed by atoms with E-state index >= 15 is 0 Å². The number of aliphatic hydroxyl groups is 1. The SMILES string of the molecule is CC(C)OP([O-])(=S)OCc1cc(CO)cc(-c2ccccc2)c1. The lowest BCUT2D eigenvalue weighted by Crippen LogP contribution is -2.12. The van der Waals surface area contributed by atoms with Gasteiger partial charge in [-0.1, -0.05) is 48.2 Å². The molecule has 0 saturated heterocycles. The van der Waals surface area contributed by atoms with Crippen molar-refractivity contribution in [2.24, 2.45) is 0 Å². The molecule has 23 heavy (non-hydrogen) atoms. The molecule has 0 saturated carbocycles. The van der Waals surface area contributed by atoms with Gasteiger partial charge in [-0.15, -0.1) is 0 Å². The second kappa shape index (κ2) is 8.15. The van der Waals surface area contributed by atoms with E-state index in [4.69, 9.17) is 20.9 Å². The first-order valence-electron chi connectivity index (χ1n) is 7.33. The average Bonchev–Trinajstić information content (AvgIpc) is 2.52. The zero-order valence-corrected chi connectivity index (χ0v) is 14.8. The smallest absolute Gasteiger partial charge is 0.116 e. The number of hydrogen-bond acceptors (Lipinski definition) is 5. The average molecular weight is 351 g/mol. The fraction of sp³-hybridized carbons (Fsp3) is 0.294. The predicted octanol–water partition coefficient (Wildman–Crippen LogP) is 3.37. The van der Waals surface area contributed by atoms with Gasteiger partial charge in [-0.3, -0.25) is 0 Å². The van der Waals surface area contributed by atoms with Crippen molar-refractivity contribution >= 4 is 18.5 Å². The van der Waals surface area contributed by atoms with Gasteiger partial charge in [-0.25, -0.2) is 0 Å². The quantitative estimate of drug-likeness (QED) is 0.775. The van der Waals surface area contributed by atoms with Gasteiger partial charge in [0, 0.05) is 0 Å². The van der Waals surface area contributed by atoms with Crippen LogP contribution in [0.1, 0.15) is 25.0 Å². The van der Waals surface area contributed by atoms with Crippen LogP contribution in [0, 0.1) is 0 Å². The number of aliphatic hydroxyl groups excluding tert-OH is 1. The second-order valence-corrected chi connectivity index (χ2v) is 8.14. The first-order chi connectivity index (χ1) is 10.9. The molecule has 6 heteroatoms. The van der Waals surface area contributed by atoms with Crippen LogP contribution in [0.3, 0.4) is 0 Å². The summed E-state index contributed by atoms with van der Waals surface area (Å²) >= 11 is 4.87. The maximum Gasteiger partial charge on any atom is 0.116 e. The zero-order valence-electron chi connectivity index (χ0n) is 13.1. The summed E-state index contributed by atoms with van der Waals surface area (Å²) in [5, 5.41) is 9.44. The van der Waals surface area contributed by atoms with E-state index in [-0.39, 0.29) is 19.3 Å². The van der Waals surface area contributed by atoms with E-state index in [1.54, 1.807) is 19.9 Å². The summed E-state index contributed by atoms with van der Waals surface area (Å²) < 4.78 is 10.4. The Kier molecular flexibility index (Phi) is 6.48. The maximum atomic E-state index is 12.0. The highest BCUT2D eigenvalue weighted by molar-refractivity contribution is 8.06. The molecule has 0 bridgehead atoms. The van der Waals surface area contributed by atoms with Gasteiger partial charge < -0.3 is 19.0 Å². The van der Waals surface area contributed by atoms with Gasteiger partial charge in [-0.05, 0) is 48.2 Å². The molecular weight excluding hydrogens is 331 g/mol. The first-order valence-corrected chi connectivity index (χ1v) is 9.88. The van der Waals surface area contributed by atoms with Crippen LogP contribution >= 0.6 is 6.72 Å². The highest BCUT2D eigenvalue weighted by atomic mass is 32.5. The molecule has 0 aliphatic heterocycles. The molecule has 2 aromatic carbocycles. The third-order valence-corrected chi connectivity index (χ3v) is 4.77. The Labute approximate surface area is 142 Å². The number of benzene rings is 2. The van der Waals surface area contributed by atoms with E-state index in [0.29, 0.717) is 0 Å².